The highest BCUT2D eigenvalue weighted by molar-refractivity contribution is 5.93. The molecule has 2 aromatic rings. The number of carbonyl (C=O) groups excluding carboxylic acids is 2. The van der Waals surface area contributed by atoms with Gasteiger partial charge in [0.2, 0.25) is 11.8 Å². The summed E-state index contributed by atoms with van der Waals surface area (Å²) in [4.78, 5) is 31.4. The molecule has 0 bridgehead atoms. The highest BCUT2D eigenvalue weighted by Crippen LogP contribution is 2.21. The minimum absolute atomic E-state index is 0.0401. The first-order valence-electron chi connectivity index (χ1n) is 9.23. The second-order valence-corrected chi connectivity index (χ2v) is 7.29. The molecule has 2 N–H and O–H groups in total. The number of hydrogen-bond acceptors (Lipinski definition) is 4. The Morgan fingerprint density at radius 2 is 1.96 bits per heavy atom. The lowest BCUT2D eigenvalue weighted by Crippen LogP contribution is -2.47. The Bertz CT molecular complexity index is 799. The van der Waals surface area contributed by atoms with Crippen molar-refractivity contribution in [3.63, 3.8) is 0 Å². The van der Waals surface area contributed by atoms with Crippen LogP contribution in [0.3, 0.4) is 0 Å². The van der Waals surface area contributed by atoms with Crippen molar-refractivity contribution in [2.24, 2.45) is 18.9 Å². The van der Waals surface area contributed by atoms with Gasteiger partial charge < -0.3 is 20.1 Å². The third kappa shape index (κ3) is 4.74. The van der Waals surface area contributed by atoms with E-state index in [0.29, 0.717) is 26.1 Å². The predicted octanol–water partition coefficient (Wildman–Crippen LogP) is 1.55. The largest absolute Gasteiger partial charge is 0.338 e. The Morgan fingerprint density at radius 1 is 1.26 bits per heavy atom. The van der Waals surface area contributed by atoms with Crippen LogP contribution in [0.1, 0.15) is 17.8 Å². The molecular weight excluding hydrogens is 342 g/mol. The van der Waals surface area contributed by atoms with E-state index in [-0.39, 0.29) is 23.7 Å². The molecule has 27 heavy (non-hydrogen) atoms. The number of imidazole rings is 1. The van der Waals surface area contributed by atoms with Crippen LogP contribution in [0.4, 0.5) is 5.69 Å². The fourth-order valence-electron chi connectivity index (χ4n) is 3.36. The van der Waals surface area contributed by atoms with Gasteiger partial charge in [-0.15, -0.1) is 0 Å². The molecule has 7 heteroatoms. The highest BCUT2D eigenvalue weighted by atomic mass is 16.2. The van der Waals surface area contributed by atoms with Crippen LogP contribution in [0, 0.1) is 18.8 Å². The Balaban J connectivity index is 1.57. The summed E-state index contributed by atoms with van der Waals surface area (Å²) in [6.07, 6.45) is 4.14. The van der Waals surface area contributed by atoms with E-state index >= 15 is 0 Å². The average molecular weight is 369 g/mol. The summed E-state index contributed by atoms with van der Waals surface area (Å²) < 4.78 is 1.90. The zero-order chi connectivity index (χ0) is 19.4. The van der Waals surface area contributed by atoms with Crippen molar-refractivity contribution in [1.82, 2.24) is 19.8 Å². The van der Waals surface area contributed by atoms with Gasteiger partial charge in [0, 0.05) is 45.3 Å². The van der Waals surface area contributed by atoms with E-state index in [0.717, 1.165) is 17.1 Å². The molecule has 3 rings (SSSR count). The molecular formula is C20H27N5O2. The first-order valence-corrected chi connectivity index (χ1v) is 9.23. The zero-order valence-corrected chi connectivity index (χ0v) is 16.1. The molecule has 2 atom stereocenters. The number of hydrogen-bond donors (Lipinski definition) is 2. The molecule has 1 aliphatic rings. The summed E-state index contributed by atoms with van der Waals surface area (Å²) in [7, 11) is 3.70. The van der Waals surface area contributed by atoms with Crippen LogP contribution in [0.2, 0.25) is 0 Å². The summed E-state index contributed by atoms with van der Waals surface area (Å²) in [6.45, 7) is 3.65. The molecule has 2 amide bonds. The molecule has 0 aliphatic carbocycles. The maximum atomic E-state index is 12.8. The van der Waals surface area contributed by atoms with E-state index in [1.54, 1.807) is 18.1 Å². The molecule has 0 saturated carbocycles. The van der Waals surface area contributed by atoms with Crippen molar-refractivity contribution in [1.29, 1.82) is 0 Å². The van der Waals surface area contributed by atoms with E-state index in [2.05, 4.69) is 15.6 Å². The van der Waals surface area contributed by atoms with Crippen molar-refractivity contribution >= 4 is 17.5 Å². The molecule has 1 aliphatic heterocycles. The van der Waals surface area contributed by atoms with Gasteiger partial charge in [-0.05, 0) is 25.5 Å². The minimum atomic E-state index is -0.226. The first-order chi connectivity index (χ1) is 12.9. The fraction of sp³-hybridized carbons (Fsp3) is 0.450. The molecule has 1 fully saturated rings. The lowest BCUT2D eigenvalue weighted by Gasteiger charge is -2.31. The van der Waals surface area contributed by atoms with Crippen LogP contribution in [-0.4, -0.2) is 46.4 Å². The number of anilines is 1. The molecule has 7 nitrogen and oxygen atoms in total. The number of piperidine rings is 1. The molecule has 1 saturated heterocycles. The van der Waals surface area contributed by atoms with Gasteiger partial charge in [-0.25, -0.2) is 4.98 Å². The van der Waals surface area contributed by atoms with Gasteiger partial charge in [-0.2, -0.15) is 0 Å². The number of carbonyl (C=O) groups is 2. The zero-order valence-electron chi connectivity index (χ0n) is 16.1. The van der Waals surface area contributed by atoms with E-state index < -0.39 is 0 Å². The van der Waals surface area contributed by atoms with Gasteiger partial charge >= 0.3 is 0 Å². The van der Waals surface area contributed by atoms with Gasteiger partial charge in [0.25, 0.3) is 0 Å². The number of aryl methyl sites for hydroxylation is 2. The average Bonchev–Trinajstić information content (AvgIpc) is 3.07. The quantitative estimate of drug-likeness (QED) is 0.838. The van der Waals surface area contributed by atoms with E-state index in [1.807, 2.05) is 49.0 Å². The van der Waals surface area contributed by atoms with Crippen molar-refractivity contribution in [2.75, 3.05) is 25.5 Å². The highest BCUT2D eigenvalue weighted by Gasteiger charge is 2.32. The Morgan fingerprint density at radius 3 is 2.63 bits per heavy atom. The third-order valence-corrected chi connectivity index (χ3v) is 5.07. The lowest BCUT2D eigenvalue weighted by atomic mass is 9.89. The minimum Gasteiger partial charge on any atom is -0.338 e. The van der Waals surface area contributed by atoms with E-state index in [4.69, 9.17) is 0 Å². The van der Waals surface area contributed by atoms with Crippen LogP contribution in [-0.2, 0) is 23.2 Å². The van der Waals surface area contributed by atoms with Gasteiger partial charge in [0.15, 0.2) is 0 Å². The maximum absolute atomic E-state index is 12.8. The molecule has 144 valence electrons. The lowest BCUT2D eigenvalue weighted by molar-refractivity contribution is -0.136. The van der Waals surface area contributed by atoms with E-state index in [9.17, 15) is 9.59 Å². The smallest absolute Gasteiger partial charge is 0.228 e. The molecule has 0 spiro atoms. The van der Waals surface area contributed by atoms with Crippen LogP contribution in [0.25, 0.3) is 0 Å². The van der Waals surface area contributed by atoms with E-state index in [1.165, 1.54) is 0 Å². The van der Waals surface area contributed by atoms with Gasteiger partial charge in [0.05, 0.1) is 18.4 Å². The fourth-order valence-corrected chi connectivity index (χ4v) is 3.36. The number of benzene rings is 1. The number of rotatable bonds is 5. The molecule has 2 heterocycles. The monoisotopic (exact) mass is 369 g/mol. The van der Waals surface area contributed by atoms with Crippen LogP contribution >= 0.6 is 0 Å². The molecule has 0 unspecified atom stereocenters. The normalized spacial score (nSPS) is 19.5. The van der Waals surface area contributed by atoms with Crippen molar-refractivity contribution in [3.05, 3.63) is 48.0 Å². The molecule has 1 aromatic heterocycles. The van der Waals surface area contributed by atoms with Crippen molar-refractivity contribution in [3.8, 4) is 0 Å². The number of amides is 2. The van der Waals surface area contributed by atoms with Crippen molar-refractivity contribution in [2.45, 2.75) is 19.9 Å². The number of nitrogens with zero attached hydrogens (tertiary/aromatic N) is 3. The number of aromatic nitrogens is 2. The Kier molecular flexibility index (Phi) is 5.91. The second-order valence-electron chi connectivity index (χ2n) is 7.29. The topological polar surface area (TPSA) is 79.3 Å². The summed E-state index contributed by atoms with van der Waals surface area (Å²) in [6, 6.07) is 7.72. The van der Waals surface area contributed by atoms with Crippen LogP contribution < -0.4 is 10.6 Å². The number of nitrogens with one attached hydrogen (secondary N) is 2. The van der Waals surface area contributed by atoms with Gasteiger partial charge in [-0.1, -0.05) is 17.7 Å². The first kappa shape index (κ1) is 19.1. The maximum Gasteiger partial charge on any atom is 0.228 e. The van der Waals surface area contributed by atoms with Crippen LogP contribution in [0.5, 0.6) is 0 Å². The SMILES string of the molecule is Cc1ccc(NC(=O)[C@@H]2CNC[C@H](C(=O)N(C)Cc3nccn3C)C2)cc1. The summed E-state index contributed by atoms with van der Waals surface area (Å²) in [5, 5.41) is 6.19. The standard InChI is InChI=1S/C20H27N5O2/c1-14-4-6-17(7-5-14)23-19(26)15-10-16(12-21-11-15)20(27)25(3)13-18-22-8-9-24(18)2/h4-9,15-16,21H,10-13H2,1-3H3,(H,23,26)/t15-,16+/m0/s1. The van der Waals surface area contributed by atoms with Gasteiger partial charge in [-0.3, -0.25) is 9.59 Å². The summed E-state index contributed by atoms with van der Waals surface area (Å²) in [5.41, 5.74) is 1.93. The van der Waals surface area contributed by atoms with Gasteiger partial charge in [0.1, 0.15) is 5.82 Å². The Labute approximate surface area is 159 Å². The predicted molar refractivity (Wildman–Crippen MR) is 104 cm³/mol. The molecule has 0 radical (unpaired) electrons. The second kappa shape index (κ2) is 8.35. The van der Waals surface area contributed by atoms with Crippen LogP contribution in [0.15, 0.2) is 36.7 Å². The third-order valence-electron chi connectivity index (χ3n) is 5.07. The summed E-state index contributed by atoms with van der Waals surface area (Å²) >= 11 is 0. The van der Waals surface area contributed by atoms with Crippen molar-refractivity contribution < 1.29 is 9.59 Å². The summed E-state index contributed by atoms with van der Waals surface area (Å²) in [5.74, 6) is 0.394. The molecule has 1 aromatic carbocycles. The Hall–Kier alpha value is -2.67.